The van der Waals surface area contributed by atoms with Gasteiger partial charge in [0, 0.05) is 18.0 Å². The summed E-state index contributed by atoms with van der Waals surface area (Å²) in [4.78, 5) is 12.9. The number of hydrogen-bond acceptors (Lipinski definition) is 5. The third-order valence-corrected chi connectivity index (χ3v) is 2.57. The van der Waals surface area contributed by atoms with Crippen molar-refractivity contribution in [1.29, 1.82) is 0 Å². The summed E-state index contributed by atoms with van der Waals surface area (Å²) in [6.45, 7) is 2.46. The predicted octanol–water partition coefficient (Wildman–Crippen LogP) is 1.43. The Bertz CT molecular complexity index is 553. The van der Waals surface area contributed by atoms with Gasteiger partial charge in [-0.1, -0.05) is 12.2 Å². The van der Waals surface area contributed by atoms with Crippen molar-refractivity contribution in [3.63, 3.8) is 0 Å². The van der Waals surface area contributed by atoms with E-state index in [0.717, 1.165) is 22.9 Å². The van der Waals surface area contributed by atoms with Gasteiger partial charge in [-0.05, 0) is 25.1 Å². The fourth-order valence-electron chi connectivity index (χ4n) is 1.43. The molecule has 0 radical (unpaired) electrons. The Balaban J connectivity index is 2.00. The fourth-order valence-corrected chi connectivity index (χ4v) is 1.55. The molecule has 3 N–H and O–H groups in total. The summed E-state index contributed by atoms with van der Waals surface area (Å²) in [7, 11) is 0. The van der Waals surface area contributed by atoms with Crippen LogP contribution < -0.4 is 11.1 Å². The lowest BCUT2D eigenvalue weighted by Gasteiger charge is -2.06. The average Bonchev–Trinajstić information content (AvgIpc) is 2.37. The Morgan fingerprint density at radius 1 is 1.33 bits per heavy atom. The van der Waals surface area contributed by atoms with Gasteiger partial charge in [-0.2, -0.15) is 0 Å². The van der Waals surface area contributed by atoms with E-state index in [4.69, 9.17) is 18.0 Å². The number of nitrogens with two attached hydrogens (primary N) is 1. The zero-order valence-corrected chi connectivity index (χ0v) is 10.7. The Morgan fingerprint density at radius 3 is 2.78 bits per heavy atom. The van der Waals surface area contributed by atoms with Crippen molar-refractivity contribution in [2.24, 2.45) is 5.73 Å². The van der Waals surface area contributed by atoms with Crippen molar-refractivity contribution in [2.75, 3.05) is 5.32 Å². The van der Waals surface area contributed by atoms with E-state index in [1.54, 1.807) is 12.4 Å². The first kappa shape index (κ1) is 12.4. The molecule has 0 spiro atoms. The molecule has 2 aromatic heterocycles. The Kier molecular flexibility index (Phi) is 3.78. The molecule has 6 heteroatoms. The first-order chi connectivity index (χ1) is 8.65. The zero-order chi connectivity index (χ0) is 13.0. The summed E-state index contributed by atoms with van der Waals surface area (Å²) in [6, 6.07) is 5.54. The van der Waals surface area contributed by atoms with E-state index >= 15 is 0 Å². The van der Waals surface area contributed by atoms with E-state index in [9.17, 15) is 0 Å². The molecule has 0 aromatic carbocycles. The lowest BCUT2D eigenvalue weighted by Crippen LogP contribution is -2.10. The maximum absolute atomic E-state index is 5.50. The Labute approximate surface area is 110 Å². The molecule has 0 aliphatic heterocycles. The van der Waals surface area contributed by atoms with Crippen molar-refractivity contribution >= 4 is 23.0 Å². The van der Waals surface area contributed by atoms with Crippen molar-refractivity contribution in [1.82, 2.24) is 15.0 Å². The topological polar surface area (TPSA) is 76.7 Å². The smallest absolute Gasteiger partial charge is 0.126 e. The van der Waals surface area contributed by atoms with Crippen LogP contribution in [0, 0.1) is 6.92 Å². The van der Waals surface area contributed by atoms with Crippen LogP contribution >= 0.6 is 12.2 Å². The second-order valence-corrected chi connectivity index (χ2v) is 4.18. The number of aryl methyl sites for hydroxylation is 1. The number of thiocarbonyl (C=S) groups is 1. The van der Waals surface area contributed by atoms with Crippen molar-refractivity contribution in [2.45, 2.75) is 13.5 Å². The molecule has 2 rings (SSSR count). The third-order valence-electron chi connectivity index (χ3n) is 2.33. The van der Waals surface area contributed by atoms with Crippen molar-refractivity contribution < 1.29 is 0 Å². The maximum atomic E-state index is 5.50. The Hall–Kier alpha value is -2.08. The van der Waals surface area contributed by atoms with Crippen LogP contribution in [0.25, 0.3) is 0 Å². The van der Waals surface area contributed by atoms with Gasteiger partial charge in [0.2, 0.25) is 0 Å². The molecule has 0 bridgehead atoms. The van der Waals surface area contributed by atoms with Crippen LogP contribution in [0.1, 0.15) is 17.1 Å². The molecule has 18 heavy (non-hydrogen) atoms. The predicted molar refractivity (Wildman–Crippen MR) is 74.2 cm³/mol. The van der Waals surface area contributed by atoms with Crippen molar-refractivity contribution in [3.8, 4) is 0 Å². The minimum Gasteiger partial charge on any atom is -0.389 e. The number of aromatic nitrogens is 3. The van der Waals surface area contributed by atoms with Gasteiger partial charge >= 0.3 is 0 Å². The minimum atomic E-state index is 0.348. The van der Waals surface area contributed by atoms with Gasteiger partial charge in [-0.3, -0.25) is 0 Å². The van der Waals surface area contributed by atoms with Crippen LogP contribution in [-0.4, -0.2) is 19.9 Å². The highest BCUT2D eigenvalue weighted by molar-refractivity contribution is 7.80. The molecule has 0 saturated carbocycles. The molecule has 5 nitrogen and oxygen atoms in total. The van der Waals surface area contributed by atoms with Crippen LogP contribution in [0.2, 0.25) is 0 Å². The van der Waals surface area contributed by atoms with E-state index < -0.39 is 0 Å². The van der Waals surface area contributed by atoms with E-state index in [0.29, 0.717) is 11.5 Å². The lowest BCUT2D eigenvalue weighted by molar-refractivity contribution is 0.950. The van der Waals surface area contributed by atoms with Gasteiger partial charge in [0.05, 0.1) is 12.2 Å². The summed E-state index contributed by atoms with van der Waals surface area (Å²) >= 11 is 4.86. The quantitative estimate of drug-likeness (QED) is 0.809. The molecule has 0 unspecified atom stereocenters. The largest absolute Gasteiger partial charge is 0.389 e. The first-order valence-electron chi connectivity index (χ1n) is 5.43. The third kappa shape index (κ3) is 3.21. The second kappa shape index (κ2) is 5.50. The zero-order valence-electron chi connectivity index (χ0n) is 9.92. The molecule has 0 saturated heterocycles. The normalized spacial score (nSPS) is 10.1. The summed E-state index contributed by atoms with van der Waals surface area (Å²) in [5, 5.41) is 3.17. The van der Waals surface area contributed by atoms with Crippen LogP contribution in [0.3, 0.4) is 0 Å². The fraction of sp³-hybridized carbons (Fsp3) is 0.167. The average molecular weight is 259 g/mol. The lowest BCUT2D eigenvalue weighted by atomic mass is 10.3. The molecule has 0 aliphatic rings. The number of rotatable bonds is 4. The van der Waals surface area contributed by atoms with Gasteiger partial charge in [-0.25, -0.2) is 15.0 Å². The number of anilines is 1. The molecule has 2 aromatic rings. The van der Waals surface area contributed by atoms with Gasteiger partial charge in [0.25, 0.3) is 0 Å². The van der Waals surface area contributed by atoms with Crippen molar-refractivity contribution in [3.05, 3.63) is 47.7 Å². The maximum Gasteiger partial charge on any atom is 0.126 e. The van der Waals surface area contributed by atoms with Gasteiger partial charge in [0.1, 0.15) is 16.6 Å². The van der Waals surface area contributed by atoms with Gasteiger partial charge < -0.3 is 11.1 Å². The molecule has 0 fully saturated rings. The molecule has 92 valence electrons. The standard InChI is InChI=1S/C12H13N5S/c1-8-14-5-4-10(17-8)7-16-11-3-2-9(6-15-11)12(13)18/h2-6H,7H2,1H3,(H2,13,18)(H,15,16). The molecule has 0 aliphatic carbocycles. The highest BCUT2D eigenvalue weighted by Crippen LogP contribution is 2.06. The van der Waals surface area contributed by atoms with E-state index in [1.807, 2.05) is 25.1 Å². The summed E-state index contributed by atoms with van der Waals surface area (Å²) < 4.78 is 0. The van der Waals surface area contributed by atoms with Crippen LogP contribution in [0.15, 0.2) is 30.6 Å². The molecular formula is C12H13N5S. The first-order valence-corrected chi connectivity index (χ1v) is 5.84. The minimum absolute atomic E-state index is 0.348. The van der Waals surface area contributed by atoms with Gasteiger partial charge in [-0.15, -0.1) is 0 Å². The molecule has 0 atom stereocenters. The highest BCUT2D eigenvalue weighted by Gasteiger charge is 1.99. The molecule has 2 heterocycles. The number of nitrogens with one attached hydrogen (secondary N) is 1. The molecular weight excluding hydrogens is 246 g/mol. The monoisotopic (exact) mass is 259 g/mol. The summed E-state index contributed by atoms with van der Waals surface area (Å²) in [6.07, 6.45) is 3.39. The number of hydrogen-bond donors (Lipinski definition) is 2. The number of pyridine rings is 1. The van der Waals surface area contributed by atoms with E-state index in [1.165, 1.54) is 0 Å². The van der Waals surface area contributed by atoms with Crippen LogP contribution in [-0.2, 0) is 6.54 Å². The van der Waals surface area contributed by atoms with E-state index in [-0.39, 0.29) is 0 Å². The second-order valence-electron chi connectivity index (χ2n) is 3.75. The Morgan fingerprint density at radius 2 is 2.17 bits per heavy atom. The summed E-state index contributed by atoms with van der Waals surface area (Å²) in [5.41, 5.74) is 7.18. The molecule has 0 amide bonds. The highest BCUT2D eigenvalue weighted by atomic mass is 32.1. The SMILES string of the molecule is Cc1nccc(CNc2ccc(C(N)=S)cn2)n1. The van der Waals surface area contributed by atoms with Gasteiger partial charge in [0.15, 0.2) is 0 Å². The van der Waals surface area contributed by atoms with Crippen LogP contribution in [0.5, 0.6) is 0 Å². The van der Waals surface area contributed by atoms with E-state index in [2.05, 4.69) is 20.3 Å². The van der Waals surface area contributed by atoms with Crippen LogP contribution in [0.4, 0.5) is 5.82 Å². The number of nitrogens with zero attached hydrogens (tertiary/aromatic N) is 3. The summed E-state index contributed by atoms with van der Waals surface area (Å²) in [5.74, 6) is 1.51.